The summed E-state index contributed by atoms with van der Waals surface area (Å²) in [5.41, 5.74) is 1.93. The molecule has 0 atom stereocenters. The Labute approximate surface area is 124 Å². The van der Waals surface area contributed by atoms with Crippen molar-refractivity contribution >= 4 is 39.2 Å². The average Bonchev–Trinajstić information content (AvgIpc) is 2.83. The molecule has 1 aliphatic heterocycles. The Morgan fingerprint density at radius 1 is 1.16 bits per heavy atom. The number of hydrogen-bond donors (Lipinski definition) is 0. The second kappa shape index (κ2) is 5.39. The summed E-state index contributed by atoms with van der Waals surface area (Å²) in [4.78, 5) is 15.6. The average molecular weight is 334 g/mol. The molecule has 1 heterocycles. The normalized spacial score (nSPS) is 13.4. The molecule has 0 unspecified atom stereocenters. The number of fused-ring (bicyclic) bond motifs is 1. The molecular formula is C15H12BrNOS. The Kier molecular flexibility index (Phi) is 3.62. The zero-order valence-electron chi connectivity index (χ0n) is 10.2. The quantitative estimate of drug-likeness (QED) is 0.785. The summed E-state index contributed by atoms with van der Waals surface area (Å²) < 4.78 is 0.992. The lowest BCUT2D eigenvalue weighted by molar-refractivity contribution is 0.1000. The molecule has 1 aliphatic rings. The Morgan fingerprint density at radius 3 is 2.68 bits per heavy atom. The van der Waals surface area contributed by atoms with Crippen LogP contribution in [-0.4, -0.2) is 18.2 Å². The van der Waals surface area contributed by atoms with Crippen molar-refractivity contribution < 1.29 is 4.79 Å². The van der Waals surface area contributed by atoms with Crippen molar-refractivity contribution in [1.29, 1.82) is 0 Å². The second-order valence-electron chi connectivity index (χ2n) is 4.37. The number of rotatable bonds is 3. The molecule has 0 saturated heterocycles. The van der Waals surface area contributed by atoms with Crippen molar-refractivity contribution in [2.75, 3.05) is 17.3 Å². The highest BCUT2D eigenvalue weighted by Crippen LogP contribution is 2.37. The number of carbonyl (C=O) groups is 1. The first-order valence-electron chi connectivity index (χ1n) is 5.99. The molecule has 2 nitrogen and oxygen atoms in total. The van der Waals surface area contributed by atoms with Gasteiger partial charge in [-0.3, -0.25) is 4.79 Å². The number of ketones is 1. The van der Waals surface area contributed by atoms with E-state index in [1.807, 2.05) is 36.4 Å². The van der Waals surface area contributed by atoms with Crippen molar-refractivity contribution in [2.24, 2.45) is 0 Å². The molecule has 2 aromatic rings. The topological polar surface area (TPSA) is 20.3 Å². The highest BCUT2D eigenvalue weighted by atomic mass is 79.9. The summed E-state index contributed by atoms with van der Waals surface area (Å²) in [5.74, 6) is 1.01. The number of carbonyl (C=O) groups excluding carboxylic acids is 1. The number of para-hydroxylation sites is 1. The van der Waals surface area contributed by atoms with Crippen LogP contribution in [0.25, 0.3) is 0 Å². The Bertz CT molecular complexity index is 612. The Morgan fingerprint density at radius 2 is 1.89 bits per heavy atom. The minimum Gasteiger partial charge on any atom is -0.353 e. The number of benzene rings is 2. The standard InChI is InChI=1S/C15H12BrNOS/c16-12-7-5-11(6-8-12)14(18)9-17-10-19-15-4-2-1-3-13(15)17/h1-8H,9-10H2. The van der Waals surface area contributed by atoms with Gasteiger partial charge in [0, 0.05) is 14.9 Å². The third kappa shape index (κ3) is 2.69. The van der Waals surface area contributed by atoms with Crippen molar-refractivity contribution in [3.8, 4) is 0 Å². The van der Waals surface area contributed by atoms with E-state index in [0.717, 1.165) is 21.6 Å². The van der Waals surface area contributed by atoms with Gasteiger partial charge >= 0.3 is 0 Å². The van der Waals surface area contributed by atoms with Crippen LogP contribution in [0.5, 0.6) is 0 Å². The van der Waals surface area contributed by atoms with Gasteiger partial charge in [-0.25, -0.2) is 0 Å². The molecule has 4 heteroatoms. The molecule has 0 saturated carbocycles. The van der Waals surface area contributed by atoms with Crippen LogP contribution in [0.3, 0.4) is 0 Å². The second-order valence-corrected chi connectivity index (χ2v) is 6.27. The number of nitrogens with zero attached hydrogens (tertiary/aromatic N) is 1. The number of anilines is 1. The molecule has 0 radical (unpaired) electrons. The number of hydrogen-bond acceptors (Lipinski definition) is 3. The van der Waals surface area contributed by atoms with Gasteiger partial charge in [-0.1, -0.05) is 40.2 Å². The zero-order chi connectivity index (χ0) is 13.2. The van der Waals surface area contributed by atoms with Crippen LogP contribution < -0.4 is 4.90 Å². The number of Topliss-reactive ketones (excluding diaryl/α,β-unsaturated/α-hetero) is 1. The largest absolute Gasteiger partial charge is 0.353 e. The van der Waals surface area contributed by atoms with Crippen molar-refractivity contribution in [2.45, 2.75) is 4.90 Å². The molecule has 2 aromatic carbocycles. The van der Waals surface area contributed by atoms with Crippen LogP contribution in [-0.2, 0) is 0 Å². The molecule has 0 aromatic heterocycles. The molecule has 0 N–H and O–H groups in total. The monoisotopic (exact) mass is 333 g/mol. The van der Waals surface area contributed by atoms with Gasteiger partial charge in [0.15, 0.2) is 5.78 Å². The van der Waals surface area contributed by atoms with Crippen LogP contribution in [0.2, 0.25) is 0 Å². The molecule has 0 fully saturated rings. The zero-order valence-corrected chi connectivity index (χ0v) is 12.6. The van der Waals surface area contributed by atoms with E-state index in [1.54, 1.807) is 11.8 Å². The van der Waals surface area contributed by atoms with E-state index in [-0.39, 0.29) is 5.78 Å². The highest BCUT2D eigenvalue weighted by molar-refractivity contribution is 9.10. The van der Waals surface area contributed by atoms with Crippen molar-refractivity contribution in [3.05, 3.63) is 58.6 Å². The van der Waals surface area contributed by atoms with Crippen LogP contribution in [0, 0.1) is 0 Å². The van der Waals surface area contributed by atoms with E-state index >= 15 is 0 Å². The maximum absolute atomic E-state index is 12.3. The van der Waals surface area contributed by atoms with Gasteiger partial charge < -0.3 is 4.90 Å². The SMILES string of the molecule is O=C(CN1CSc2ccccc21)c1ccc(Br)cc1. The third-order valence-electron chi connectivity index (χ3n) is 3.08. The molecule has 3 rings (SSSR count). The van der Waals surface area contributed by atoms with E-state index in [0.29, 0.717) is 6.54 Å². The van der Waals surface area contributed by atoms with E-state index < -0.39 is 0 Å². The van der Waals surface area contributed by atoms with Gasteiger partial charge in [-0.05, 0) is 24.3 Å². The highest BCUT2D eigenvalue weighted by Gasteiger charge is 2.21. The first-order chi connectivity index (χ1) is 9.24. The van der Waals surface area contributed by atoms with Gasteiger partial charge in [0.1, 0.15) is 0 Å². The molecule has 0 amide bonds. The summed E-state index contributed by atoms with van der Waals surface area (Å²) in [5, 5.41) is 0. The fourth-order valence-corrected chi connectivity index (χ4v) is 3.40. The fourth-order valence-electron chi connectivity index (χ4n) is 2.09. The summed E-state index contributed by atoms with van der Waals surface area (Å²) in [6.07, 6.45) is 0. The third-order valence-corrected chi connectivity index (χ3v) is 4.71. The predicted octanol–water partition coefficient (Wildman–Crippen LogP) is 4.20. The molecule has 0 aliphatic carbocycles. The van der Waals surface area contributed by atoms with Gasteiger partial charge in [-0.2, -0.15) is 0 Å². The number of halogens is 1. The minimum atomic E-state index is 0.157. The summed E-state index contributed by atoms with van der Waals surface area (Å²) in [7, 11) is 0. The van der Waals surface area contributed by atoms with E-state index in [2.05, 4.69) is 33.0 Å². The minimum absolute atomic E-state index is 0.157. The summed E-state index contributed by atoms with van der Waals surface area (Å²) >= 11 is 5.16. The molecule has 96 valence electrons. The lowest BCUT2D eigenvalue weighted by Gasteiger charge is -2.17. The number of thioether (sulfide) groups is 1. The van der Waals surface area contributed by atoms with Crippen LogP contribution in [0.15, 0.2) is 57.9 Å². The fraction of sp³-hybridized carbons (Fsp3) is 0.133. The Hall–Kier alpha value is -1.26. The molecule has 0 spiro atoms. The lowest BCUT2D eigenvalue weighted by Crippen LogP contribution is -2.27. The van der Waals surface area contributed by atoms with Gasteiger partial charge in [-0.15, -0.1) is 11.8 Å². The van der Waals surface area contributed by atoms with Gasteiger partial charge in [0.2, 0.25) is 0 Å². The molecule has 0 bridgehead atoms. The first kappa shape index (κ1) is 12.8. The Balaban J connectivity index is 1.76. The maximum Gasteiger partial charge on any atom is 0.182 e. The van der Waals surface area contributed by atoms with E-state index in [9.17, 15) is 4.79 Å². The van der Waals surface area contributed by atoms with Crippen LogP contribution >= 0.6 is 27.7 Å². The van der Waals surface area contributed by atoms with Crippen molar-refractivity contribution in [3.63, 3.8) is 0 Å². The summed E-state index contributed by atoms with van der Waals surface area (Å²) in [6.45, 7) is 0.436. The summed E-state index contributed by atoms with van der Waals surface area (Å²) in [6, 6.07) is 15.8. The molecular weight excluding hydrogens is 322 g/mol. The lowest BCUT2D eigenvalue weighted by atomic mass is 10.1. The smallest absolute Gasteiger partial charge is 0.182 e. The van der Waals surface area contributed by atoms with Crippen LogP contribution in [0.4, 0.5) is 5.69 Å². The predicted molar refractivity (Wildman–Crippen MR) is 83.0 cm³/mol. The van der Waals surface area contributed by atoms with E-state index in [4.69, 9.17) is 0 Å². The molecule has 19 heavy (non-hydrogen) atoms. The van der Waals surface area contributed by atoms with E-state index in [1.165, 1.54) is 4.90 Å². The van der Waals surface area contributed by atoms with Crippen LogP contribution in [0.1, 0.15) is 10.4 Å². The van der Waals surface area contributed by atoms with Gasteiger partial charge in [0.25, 0.3) is 0 Å². The first-order valence-corrected chi connectivity index (χ1v) is 7.77. The van der Waals surface area contributed by atoms with Crippen molar-refractivity contribution in [1.82, 2.24) is 0 Å². The van der Waals surface area contributed by atoms with Gasteiger partial charge in [0.05, 0.1) is 18.1 Å². The maximum atomic E-state index is 12.3.